The van der Waals surface area contributed by atoms with Gasteiger partial charge in [-0.3, -0.25) is 4.98 Å². The molecule has 1 heterocycles. The summed E-state index contributed by atoms with van der Waals surface area (Å²) in [6.07, 6.45) is 2.62. The number of anilines is 1. The molecule has 0 aliphatic carbocycles. The molecule has 1 aromatic carbocycles. The number of nitrogens with one attached hydrogen (secondary N) is 1. The molecular formula is C18H26IN5. The highest BCUT2D eigenvalue weighted by Crippen LogP contribution is 2.20. The molecule has 0 amide bonds. The van der Waals surface area contributed by atoms with Crippen LogP contribution in [0.1, 0.15) is 16.8 Å². The molecule has 0 aliphatic heterocycles. The van der Waals surface area contributed by atoms with Crippen LogP contribution < -0.4 is 16.0 Å². The smallest absolute Gasteiger partial charge is 0.188 e. The molecule has 0 spiro atoms. The van der Waals surface area contributed by atoms with Gasteiger partial charge < -0.3 is 16.0 Å². The Balaban J connectivity index is 0.00000288. The van der Waals surface area contributed by atoms with Crippen molar-refractivity contribution in [3.8, 4) is 0 Å². The number of nitrogens with zero attached hydrogens (tertiary/aromatic N) is 3. The molecule has 0 bridgehead atoms. The average molecular weight is 439 g/mol. The van der Waals surface area contributed by atoms with E-state index in [2.05, 4.69) is 45.3 Å². The van der Waals surface area contributed by atoms with Crippen LogP contribution in [0, 0.1) is 6.92 Å². The van der Waals surface area contributed by atoms with Crippen LogP contribution in [0.25, 0.3) is 0 Å². The van der Waals surface area contributed by atoms with Gasteiger partial charge >= 0.3 is 0 Å². The predicted molar refractivity (Wildman–Crippen MR) is 112 cm³/mol. The van der Waals surface area contributed by atoms with E-state index < -0.39 is 0 Å². The molecule has 130 valence electrons. The Morgan fingerprint density at radius 1 is 1.25 bits per heavy atom. The molecule has 2 aromatic rings. The van der Waals surface area contributed by atoms with Crippen molar-refractivity contribution in [3.05, 3.63) is 59.4 Å². The second-order valence-corrected chi connectivity index (χ2v) is 5.73. The molecule has 2 rings (SSSR count). The summed E-state index contributed by atoms with van der Waals surface area (Å²) in [7, 11) is 4.08. The number of aryl methyl sites for hydroxylation is 1. The number of rotatable bonds is 6. The molecule has 0 atom stereocenters. The standard InChI is InChI=1S/C18H25N5.HI/c1-14-7-8-15(17(12-14)23(2)3)13-22-18(19)21-11-9-16-6-4-5-10-20-16;/h4-8,10,12H,9,11,13H2,1-3H3,(H3,19,21,22);1H. The van der Waals surface area contributed by atoms with E-state index in [-0.39, 0.29) is 24.0 Å². The van der Waals surface area contributed by atoms with Gasteiger partial charge in [0.05, 0.1) is 6.54 Å². The van der Waals surface area contributed by atoms with Gasteiger partial charge in [0.2, 0.25) is 0 Å². The molecule has 6 heteroatoms. The Kier molecular flexibility index (Phi) is 8.53. The van der Waals surface area contributed by atoms with Crippen LogP contribution in [-0.2, 0) is 13.0 Å². The Bertz CT molecular complexity index is 656. The van der Waals surface area contributed by atoms with Crippen molar-refractivity contribution in [2.75, 3.05) is 25.5 Å². The lowest BCUT2D eigenvalue weighted by molar-refractivity contribution is 0.827. The molecular weight excluding hydrogens is 413 g/mol. The highest BCUT2D eigenvalue weighted by Gasteiger charge is 2.04. The first-order valence-electron chi connectivity index (χ1n) is 7.77. The lowest BCUT2D eigenvalue weighted by Crippen LogP contribution is -2.33. The first-order valence-corrected chi connectivity index (χ1v) is 7.77. The fraction of sp³-hybridized carbons (Fsp3) is 0.333. The lowest BCUT2D eigenvalue weighted by atomic mass is 10.1. The van der Waals surface area contributed by atoms with Crippen LogP contribution >= 0.6 is 24.0 Å². The monoisotopic (exact) mass is 439 g/mol. The van der Waals surface area contributed by atoms with E-state index in [9.17, 15) is 0 Å². The van der Waals surface area contributed by atoms with Crippen LogP contribution in [0.4, 0.5) is 5.69 Å². The highest BCUT2D eigenvalue weighted by atomic mass is 127. The summed E-state index contributed by atoms with van der Waals surface area (Å²) in [5, 5.41) is 3.14. The van der Waals surface area contributed by atoms with E-state index in [1.807, 2.05) is 32.3 Å². The Morgan fingerprint density at radius 3 is 2.71 bits per heavy atom. The number of aliphatic imine (C=N–C) groups is 1. The number of pyridine rings is 1. The summed E-state index contributed by atoms with van der Waals surface area (Å²) in [6, 6.07) is 12.3. The zero-order valence-electron chi connectivity index (χ0n) is 14.5. The number of nitrogens with two attached hydrogens (primary N) is 1. The third-order valence-electron chi connectivity index (χ3n) is 3.56. The van der Waals surface area contributed by atoms with Crippen LogP contribution in [0.3, 0.4) is 0 Å². The van der Waals surface area contributed by atoms with Crippen molar-refractivity contribution in [2.45, 2.75) is 19.9 Å². The molecule has 3 N–H and O–H groups in total. The van der Waals surface area contributed by atoms with Crippen molar-refractivity contribution in [2.24, 2.45) is 10.7 Å². The first-order chi connectivity index (χ1) is 11.1. The minimum Gasteiger partial charge on any atom is -0.377 e. The topological polar surface area (TPSA) is 66.5 Å². The molecule has 5 nitrogen and oxygen atoms in total. The van der Waals surface area contributed by atoms with Crippen molar-refractivity contribution < 1.29 is 0 Å². The van der Waals surface area contributed by atoms with Crippen LogP contribution in [0.5, 0.6) is 0 Å². The zero-order valence-corrected chi connectivity index (χ0v) is 16.8. The number of aromatic nitrogens is 1. The number of benzene rings is 1. The van der Waals surface area contributed by atoms with Crippen molar-refractivity contribution in [1.82, 2.24) is 10.3 Å². The van der Waals surface area contributed by atoms with Gasteiger partial charge in [-0.15, -0.1) is 24.0 Å². The average Bonchev–Trinajstić information content (AvgIpc) is 2.54. The minimum atomic E-state index is 0. The van der Waals surface area contributed by atoms with Gasteiger partial charge in [0.25, 0.3) is 0 Å². The molecule has 0 radical (unpaired) electrons. The Labute approximate surface area is 161 Å². The fourth-order valence-corrected chi connectivity index (χ4v) is 2.31. The van der Waals surface area contributed by atoms with Gasteiger partial charge in [-0.05, 0) is 36.2 Å². The summed E-state index contributed by atoms with van der Waals surface area (Å²) in [5.41, 5.74) is 10.6. The van der Waals surface area contributed by atoms with E-state index in [4.69, 9.17) is 5.73 Å². The molecule has 0 saturated heterocycles. The second-order valence-electron chi connectivity index (χ2n) is 5.73. The first kappa shape index (κ1) is 20.2. The van der Waals surface area contributed by atoms with E-state index >= 15 is 0 Å². The molecule has 0 unspecified atom stereocenters. The van der Waals surface area contributed by atoms with Gasteiger partial charge in [-0.25, -0.2) is 4.99 Å². The van der Waals surface area contributed by atoms with Crippen molar-refractivity contribution in [1.29, 1.82) is 0 Å². The maximum atomic E-state index is 5.95. The van der Waals surface area contributed by atoms with E-state index in [1.54, 1.807) is 6.20 Å². The SMILES string of the molecule is Cc1ccc(CN=C(N)NCCc2ccccn2)c(N(C)C)c1.I. The van der Waals surface area contributed by atoms with E-state index in [0.29, 0.717) is 12.5 Å². The van der Waals surface area contributed by atoms with Crippen LogP contribution in [0.2, 0.25) is 0 Å². The van der Waals surface area contributed by atoms with Gasteiger partial charge in [0, 0.05) is 44.6 Å². The summed E-state index contributed by atoms with van der Waals surface area (Å²) in [6.45, 7) is 3.38. The van der Waals surface area contributed by atoms with E-state index in [1.165, 1.54) is 11.3 Å². The van der Waals surface area contributed by atoms with Crippen molar-refractivity contribution in [3.63, 3.8) is 0 Å². The molecule has 1 aromatic heterocycles. The summed E-state index contributed by atoms with van der Waals surface area (Å²) in [5.74, 6) is 0.464. The second kappa shape index (κ2) is 10.1. The fourth-order valence-electron chi connectivity index (χ4n) is 2.31. The molecule has 0 fully saturated rings. The van der Waals surface area contributed by atoms with Gasteiger partial charge in [0.1, 0.15) is 0 Å². The third kappa shape index (κ3) is 6.35. The summed E-state index contributed by atoms with van der Waals surface area (Å²) in [4.78, 5) is 10.8. The number of hydrogen-bond acceptors (Lipinski definition) is 3. The molecule has 0 aliphatic rings. The normalized spacial score (nSPS) is 10.9. The summed E-state index contributed by atoms with van der Waals surface area (Å²) < 4.78 is 0. The van der Waals surface area contributed by atoms with Crippen LogP contribution in [-0.4, -0.2) is 31.6 Å². The highest BCUT2D eigenvalue weighted by molar-refractivity contribution is 14.0. The van der Waals surface area contributed by atoms with Gasteiger partial charge in [0.15, 0.2) is 5.96 Å². The quantitative estimate of drug-likeness (QED) is 0.413. The van der Waals surface area contributed by atoms with Crippen LogP contribution in [0.15, 0.2) is 47.6 Å². The van der Waals surface area contributed by atoms with Gasteiger partial charge in [-0.2, -0.15) is 0 Å². The summed E-state index contributed by atoms with van der Waals surface area (Å²) >= 11 is 0. The number of guanidine groups is 1. The molecule has 0 saturated carbocycles. The zero-order chi connectivity index (χ0) is 16.7. The number of halogens is 1. The van der Waals surface area contributed by atoms with E-state index in [0.717, 1.165) is 24.2 Å². The number of hydrogen-bond donors (Lipinski definition) is 2. The lowest BCUT2D eigenvalue weighted by Gasteiger charge is -2.17. The Morgan fingerprint density at radius 2 is 2.04 bits per heavy atom. The predicted octanol–water partition coefficient (Wildman–Crippen LogP) is 2.72. The van der Waals surface area contributed by atoms with Gasteiger partial charge in [-0.1, -0.05) is 18.2 Å². The maximum Gasteiger partial charge on any atom is 0.188 e. The minimum absolute atomic E-state index is 0. The largest absolute Gasteiger partial charge is 0.377 e. The third-order valence-corrected chi connectivity index (χ3v) is 3.56. The van der Waals surface area contributed by atoms with Crippen molar-refractivity contribution >= 4 is 35.6 Å². The molecule has 24 heavy (non-hydrogen) atoms. The Hall–Kier alpha value is -1.83. The maximum absolute atomic E-state index is 5.95.